The normalized spacial score (nSPS) is 15.4. The number of allylic oxidation sites excluding steroid dienone is 1. The molecular weight excluding hydrogens is 359 g/mol. The molecule has 1 aliphatic rings. The lowest BCUT2D eigenvalue weighted by molar-refractivity contribution is -0.137. The van der Waals surface area contributed by atoms with Crippen LogP contribution in [0.5, 0.6) is 0 Å². The van der Waals surface area contributed by atoms with E-state index in [-0.39, 0.29) is 29.8 Å². The fourth-order valence-electron chi connectivity index (χ4n) is 2.49. The van der Waals surface area contributed by atoms with Gasteiger partial charge in [0, 0.05) is 18.0 Å². The number of amides is 2. The van der Waals surface area contributed by atoms with Crippen LogP contribution in [0.1, 0.15) is 36.5 Å². The largest absolute Gasteiger partial charge is 0.416 e. The van der Waals surface area contributed by atoms with Crippen molar-refractivity contribution in [1.29, 1.82) is 0 Å². The summed E-state index contributed by atoms with van der Waals surface area (Å²) in [5, 5.41) is 5.08. The molecule has 4 N–H and O–H groups in total. The van der Waals surface area contributed by atoms with E-state index in [1.807, 2.05) is 0 Å². The highest BCUT2D eigenvalue weighted by atomic mass is 19.4. The standard InChI is InChI=1S/C19H22F3N3O2/c1-3-13(9-16(23)25-18(27)14-4-5-14)17(26)24-10-12-6-11(2)7-15(8-12)19(20,21)22/h3,6-9,14H,4-5,10,23H2,1-2H3,(H,24,26)(H,25,27)/b13-3+,16-9+. The molecule has 0 atom stereocenters. The first-order chi connectivity index (χ1) is 12.6. The number of rotatable bonds is 6. The Balaban J connectivity index is 2.01. The number of carbonyl (C=O) groups excluding carboxylic acids is 2. The molecule has 0 spiro atoms. The van der Waals surface area contributed by atoms with Gasteiger partial charge in [-0.1, -0.05) is 17.7 Å². The van der Waals surface area contributed by atoms with Gasteiger partial charge in [-0.2, -0.15) is 13.2 Å². The topological polar surface area (TPSA) is 84.2 Å². The Bertz CT molecular complexity index is 794. The van der Waals surface area contributed by atoms with Crippen LogP contribution in [0, 0.1) is 12.8 Å². The van der Waals surface area contributed by atoms with Crippen molar-refractivity contribution in [2.45, 2.75) is 39.4 Å². The minimum Gasteiger partial charge on any atom is -0.385 e. The molecule has 0 bridgehead atoms. The Hall–Kier alpha value is -2.77. The summed E-state index contributed by atoms with van der Waals surface area (Å²) in [6.45, 7) is 3.11. The predicted molar refractivity (Wildman–Crippen MR) is 94.9 cm³/mol. The number of aryl methyl sites for hydroxylation is 1. The summed E-state index contributed by atoms with van der Waals surface area (Å²) in [6, 6.07) is 3.63. The van der Waals surface area contributed by atoms with E-state index in [4.69, 9.17) is 5.73 Å². The lowest BCUT2D eigenvalue weighted by Crippen LogP contribution is -2.30. The van der Waals surface area contributed by atoms with Crippen molar-refractivity contribution in [3.63, 3.8) is 0 Å². The van der Waals surface area contributed by atoms with Crippen LogP contribution >= 0.6 is 0 Å². The summed E-state index contributed by atoms with van der Waals surface area (Å²) in [6.07, 6.45) is 0.0328. The number of alkyl halides is 3. The lowest BCUT2D eigenvalue weighted by atomic mass is 10.1. The molecule has 0 saturated heterocycles. The van der Waals surface area contributed by atoms with Crippen LogP contribution in [0.3, 0.4) is 0 Å². The van der Waals surface area contributed by atoms with Gasteiger partial charge in [0.1, 0.15) is 5.82 Å². The van der Waals surface area contributed by atoms with Crippen LogP contribution in [0.15, 0.2) is 41.7 Å². The summed E-state index contributed by atoms with van der Waals surface area (Å²) in [5.41, 5.74) is 5.96. The van der Waals surface area contributed by atoms with E-state index in [1.54, 1.807) is 19.9 Å². The monoisotopic (exact) mass is 381 g/mol. The highest BCUT2D eigenvalue weighted by Gasteiger charge is 2.31. The SMILES string of the molecule is C/C=C(\C=C(/N)NC(=O)C1CC1)C(=O)NCc1cc(C)cc(C(F)(F)F)c1. The second-order valence-corrected chi connectivity index (χ2v) is 6.49. The zero-order valence-corrected chi connectivity index (χ0v) is 15.1. The first-order valence-corrected chi connectivity index (χ1v) is 8.50. The molecule has 1 saturated carbocycles. The second-order valence-electron chi connectivity index (χ2n) is 6.49. The van der Waals surface area contributed by atoms with E-state index in [0.29, 0.717) is 11.1 Å². The third-order valence-corrected chi connectivity index (χ3v) is 4.02. The van der Waals surface area contributed by atoms with Gasteiger partial charge in [-0.05, 0) is 50.5 Å². The van der Waals surface area contributed by atoms with E-state index in [9.17, 15) is 22.8 Å². The van der Waals surface area contributed by atoms with Gasteiger partial charge in [-0.15, -0.1) is 0 Å². The summed E-state index contributed by atoms with van der Waals surface area (Å²) < 4.78 is 38.7. The number of hydrogen-bond donors (Lipinski definition) is 3. The fraction of sp³-hybridized carbons (Fsp3) is 0.368. The molecule has 5 nitrogen and oxygen atoms in total. The van der Waals surface area contributed by atoms with Crippen LogP contribution in [0.2, 0.25) is 0 Å². The number of hydrogen-bond acceptors (Lipinski definition) is 3. The number of carbonyl (C=O) groups is 2. The zero-order chi connectivity index (χ0) is 20.2. The van der Waals surface area contributed by atoms with Gasteiger partial charge in [-0.25, -0.2) is 0 Å². The maximum Gasteiger partial charge on any atom is 0.416 e. The molecule has 146 valence electrons. The minimum atomic E-state index is -4.45. The molecule has 8 heteroatoms. The van der Waals surface area contributed by atoms with E-state index >= 15 is 0 Å². The number of halogens is 3. The molecule has 0 unspecified atom stereocenters. The Morgan fingerprint density at radius 2 is 1.93 bits per heavy atom. The third kappa shape index (κ3) is 6.16. The van der Waals surface area contributed by atoms with Crippen LogP contribution in [0.25, 0.3) is 0 Å². The molecule has 0 heterocycles. The molecule has 1 aromatic carbocycles. The van der Waals surface area contributed by atoms with Crippen molar-refractivity contribution in [1.82, 2.24) is 10.6 Å². The molecule has 27 heavy (non-hydrogen) atoms. The molecule has 1 fully saturated rings. The van der Waals surface area contributed by atoms with E-state index in [0.717, 1.165) is 25.0 Å². The summed E-state index contributed by atoms with van der Waals surface area (Å²) >= 11 is 0. The molecule has 2 amide bonds. The van der Waals surface area contributed by atoms with Crippen molar-refractivity contribution in [2.24, 2.45) is 11.7 Å². The maximum atomic E-state index is 12.9. The van der Waals surface area contributed by atoms with Crippen LogP contribution in [-0.4, -0.2) is 11.8 Å². The zero-order valence-electron chi connectivity index (χ0n) is 15.1. The predicted octanol–water partition coefficient (Wildman–Crippen LogP) is 2.90. The maximum absolute atomic E-state index is 12.9. The molecule has 0 aromatic heterocycles. The van der Waals surface area contributed by atoms with Gasteiger partial charge in [0.25, 0.3) is 5.91 Å². The first-order valence-electron chi connectivity index (χ1n) is 8.50. The van der Waals surface area contributed by atoms with Gasteiger partial charge in [-0.3, -0.25) is 9.59 Å². The molecule has 2 rings (SSSR count). The van der Waals surface area contributed by atoms with Crippen molar-refractivity contribution >= 4 is 11.8 Å². The summed E-state index contributed by atoms with van der Waals surface area (Å²) in [5.74, 6) is -0.663. The van der Waals surface area contributed by atoms with Crippen molar-refractivity contribution < 1.29 is 22.8 Å². The van der Waals surface area contributed by atoms with E-state index < -0.39 is 17.6 Å². The smallest absolute Gasteiger partial charge is 0.385 e. The Kier molecular flexibility index (Phi) is 6.30. The van der Waals surface area contributed by atoms with Crippen molar-refractivity contribution in [2.75, 3.05) is 0 Å². The Morgan fingerprint density at radius 1 is 1.26 bits per heavy atom. The number of nitrogens with two attached hydrogens (primary N) is 1. The Morgan fingerprint density at radius 3 is 2.48 bits per heavy atom. The lowest BCUT2D eigenvalue weighted by Gasteiger charge is -2.12. The number of nitrogens with one attached hydrogen (secondary N) is 2. The molecule has 1 aliphatic carbocycles. The van der Waals surface area contributed by atoms with Gasteiger partial charge < -0.3 is 16.4 Å². The summed E-state index contributed by atoms with van der Waals surface area (Å²) in [7, 11) is 0. The van der Waals surface area contributed by atoms with Crippen molar-refractivity contribution in [3.8, 4) is 0 Å². The van der Waals surface area contributed by atoms with Crippen LogP contribution in [-0.2, 0) is 22.3 Å². The van der Waals surface area contributed by atoms with Gasteiger partial charge in [0.15, 0.2) is 0 Å². The second kappa shape index (κ2) is 8.28. The first kappa shape index (κ1) is 20.5. The molecule has 0 aliphatic heterocycles. The van der Waals surface area contributed by atoms with Gasteiger partial charge >= 0.3 is 6.18 Å². The van der Waals surface area contributed by atoms with Gasteiger partial charge in [0.2, 0.25) is 5.91 Å². The Labute approximate surface area is 155 Å². The fourth-order valence-corrected chi connectivity index (χ4v) is 2.49. The molecule has 0 radical (unpaired) electrons. The highest BCUT2D eigenvalue weighted by Crippen LogP contribution is 2.30. The minimum absolute atomic E-state index is 0.0241. The van der Waals surface area contributed by atoms with Gasteiger partial charge in [0.05, 0.1) is 5.56 Å². The number of benzene rings is 1. The quantitative estimate of drug-likeness (QED) is 0.523. The highest BCUT2D eigenvalue weighted by molar-refractivity contribution is 5.96. The third-order valence-electron chi connectivity index (χ3n) is 4.02. The van der Waals surface area contributed by atoms with Crippen molar-refractivity contribution in [3.05, 3.63) is 58.4 Å². The summed E-state index contributed by atoms with van der Waals surface area (Å²) in [4.78, 5) is 23.9. The molecular formula is C19H22F3N3O2. The van der Waals surface area contributed by atoms with E-state index in [1.165, 1.54) is 12.2 Å². The van der Waals surface area contributed by atoms with Crippen LogP contribution < -0.4 is 16.4 Å². The average Bonchev–Trinajstić information content (AvgIpc) is 3.41. The average molecular weight is 381 g/mol. The molecule has 1 aromatic rings. The van der Waals surface area contributed by atoms with Crippen LogP contribution in [0.4, 0.5) is 13.2 Å². The van der Waals surface area contributed by atoms with E-state index in [2.05, 4.69) is 10.6 Å².